The average Bonchev–Trinajstić information content (AvgIpc) is 2.97. The van der Waals surface area contributed by atoms with Crippen LogP contribution in [0.3, 0.4) is 0 Å². The molecule has 0 aliphatic rings. The number of imidazole rings is 2. The monoisotopic (exact) mass is 319 g/mol. The number of nitrogens with zero attached hydrogens (tertiary/aromatic N) is 3. The van der Waals surface area contributed by atoms with Crippen LogP contribution < -0.4 is 5.73 Å². The molecule has 0 fully saturated rings. The van der Waals surface area contributed by atoms with E-state index in [1.807, 2.05) is 29.8 Å². The summed E-state index contributed by atoms with van der Waals surface area (Å²) in [5.74, 6) is 0.878. The molecule has 0 radical (unpaired) electrons. The minimum Gasteiger partial charge on any atom is -0.348 e. The van der Waals surface area contributed by atoms with E-state index in [0.29, 0.717) is 6.42 Å². The maximum absolute atomic E-state index is 6.25. The van der Waals surface area contributed by atoms with Gasteiger partial charge in [0.1, 0.15) is 5.82 Å². The molecule has 1 unspecified atom stereocenters. The molecule has 0 spiro atoms. The van der Waals surface area contributed by atoms with Gasteiger partial charge in [-0.3, -0.25) is 0 Å². The fraction of sp³-hybridized carbons (Fsp3) is 0.231. The van der Waals surface area contributed by atoms with Crippen LogP contribution in [-0.2, 0) is 13.5 Å². The third kappa shape index (κ3) is 2.29. The van der Waals surface area contributed by atoms with Gasteiger partial charge < -0.3 is 15.3 Å². The molecule has 0 bridgehead atoms. The summed E-state index contributed by atoms with van der Waals surface area (Å²) in [5.41, 5.74) is 9.29. The van der Waals surface area contributed by atoms with E-state index >= 15 is 0 Å². The summed E-state index contributed by atoms with van der Waals surface area (Å²) in [6.07, 6.45) is 4.14. The Kier molecular flexibility index (Phi) is 3.12. The van der Waals surface area contributed by atoms with Crippen molar-refractivity contribution in [1.82, 2.24) is 19.5 Å². The first-order valence-electron chi connectivity index (χ1n) is 6.00. The van der Waals surface area contributed by atoms with Crippen LogP contribution in [0.1, 0.15) is 17.6 Å². The van der Waals surface area contributed by atoms with Gasteiger partial charge in [-0.05, 0) is 18.2 Å². The lowest BCUT2D eigenvalue weighted by atomic mass is 10.1. The highest BCUT2D eigenvalue weighted by Gasteiger charge is 2.16. The number of nitrogens with one attached hydrogen (secondary N) is 1. The van der Waals surface area contributed by atoms with E-state index < -0.39 is 0 Å². The quantitative estimate of drug-likeness (QED) is 0.778. The Morgan fingerprint density at radius 3 is 3.05 bits per heavy atom. The summed E-state index contributed by atoms with van der Waals surface area (Å²) in [4.78, 5) is 11.7. The van der Waals surface area contributed by atoms with E-state index in [1.165, 1.54) is 0 Å². The second kappa shape index (κ2) is 4.79. The first kappa shape index (κ1) is 12.4. The van der Waals surface area contributed by atoms with Crippen LogP contribution in [0, 0.1) is 0 Å². The van der Waals surface area contributed by atoms with Gasteiger partial charge >= 0.3 is 0 Å². The minimum atomic E-state index is -0.156. The number of halogens is 1. The summed E-state index contributed by atoms with van der Waals surface area (Å²) < 4.78 is 3.06. The van der Waals surface area contributed by atoms with Gasteiger partial charge in [-0.1, -0.05) is 15.9 Å². The number of H-pyrrole nitrogens is 1. The molecule has 0 saturated heterocycles. The second-order valence-electron chi connectivity index (χ2n) is 4.55. The van der Waals surface area contributed by atoms with Gasteiger partial charge in [-0.2, -0.15) is 0 Å². The van der Waals surface area contributed by atoms with E-state index in [4.69, 9.17) is 5.73 Å². The standard InChI is InChI=1S/C13H14BrN5/c1-19-12-3-2-8(14)4-11(12)18-13(19)10(15)5-9-6-16-7-17-9/h2-4,6-7,10H,5,15H2,1H3,(H,16,17). The Bertz CT molecular complexity index is 701. The predicted octanol–water partition coefficient (Wildman–Crippen LogP) is 2.30. The van der Waals surface area contributed by atoms with Crippen molar-refractivity contribution >= 4 is 27.0 Å². The number of aryl methyl sites for hydroxylation is 1. The molecule has 3 aromatic rings. The molecule has 0 amide bonds. The Labute approximate surface area is 119 Å². The van der Waals surface area contributed by atoms with Crippen LogP contribution >= 0.6 is 15.9 Å². The Morgan fingerprint density at radius 1 is 1.47 bits per heavy atom. The average molecular weight is 320 g/mol. The fourth-order valence-electron chi connectivity index (χ4n) is 2.25. The van der Waals surface area contributed by atoms with Crippen molar-refractivity contribution in [1.29, 1.82) is 0 Å². The normalized spacial score (nSPS) is 13.0. The van der Waals surface area contributed by atoms with E-state index in [2.05, 4.69) is 30.9 Å². The molecule has 2 heterocycles. The summed E-state index contributed by atoms with van der Waals surface area (Å²) in [6, 6.07) is 5.89. The smallest absolute Gasteiger partial charge is 0.127 e. The maximum Gasteiger partial charge on any atom is 0.127 e. The van der Waals surface area contributed by atoms with E-state index in [-0.39, 0.29) is 6.04 Å². The van der Waals surface area contributed by atoms with E-state index in [9.17, 15) is 0 Å². The number of fused-ring (bicyclic) bond motifs is 1. The van der Waals surface area contributed by atoms with Gasteiger partial charge in [0.2, 0.25) is 0 Å². The number of nitrogens with two attached hydrogens (primary N) is 1. The molecule has 1 aromatic carbocycles. The van der Waals surface area contributed by atoms with Gasteiger partial charge in [0.05, 0.1) is 23.4 Å². The maximum atomic E-state index is 6.25. The lowest BCUT2D eigenvalue weighted by Gasteiger charge is -2.10. The van der Waals surface area contributed by atoms with Crippen molar-refractivity contribution < 1.29 is 0 Å². The van der Waals surface area contributed by atoms with Crippen molar-refractivity contribution in [2.45, 2.75) is 12.5 Å². The zero-order chi connectivity index (χ0) is 13.4. The number of aromatic amines is 1. The van der Waals surface area contributed by atoms with Crippen LogP contribution in [0.4, 0.5) is 0 Å². The van der Waals surface area contributed by atoms with E-state index in [1.54, 1.807) is 12.5 Å². The van der Waals surface area contributed by atoms with Gasteiger partial charge in [-0.25, -0.2) is 9.97 Å². The van der Waals surface area contributed by atoms with Crippen LogP contribution in [0.15, 0.2) is 35.2 Å². The van der Waals surface area contributed by atoms with Crippen LogP contribution in [0.2, 0.25) is 0 Å². The van der Waals surface area contributed by atoms with E-state index in [0.717, 1.165) is 27.0 Å². The molecular weight excluding hydrogens is 306 g/mol. The number of hydrogen-bond donors (Lipinski definition) is 2. The third-order valence-electron chi connectivity index (χ3n) is 3.20. The largest absolute Gasteiger partial charge is 0.348 e. The first-order chi connectivity index (χ1) is 9.15. The lowest BCUT2D eigenvalue weighted by Crippen LogP contribution is -2.18. The van der Waals surface area contributed by atoms with Gasteiger partial charge in [0.15, 0.2) is 0 Å². The molecule has 0 saturated carbocycles. The SMILES string of the molecule is Cn1c(C(N)Cc2cnc[nH]2)nc2cc(Br)ccc21. The van der Waals surface area contributed by atoms with Crippen molar-refractivity contribution in [3.05, 3.63) is 46.7 Å². The third-order valence-corrected chi connectivity index (χ3v) is 3.70. The van der Waals surface area contributed by atoms with Crippen molar-refractivity contribution in [3.63, 3.8) is 0 Å². The van der Waals surface area contributed by atoms with Crippen LogP contribution in [0.5, 0.6) is 0 Å². The molecule has 0 aliphatic heterocycles. The zero-order valence-electron chi connectivity index (χ0n) is 10.5. The highest BCUT2D eigenvalue weighted by atomic mass is 79.9. The van der Waals surface area contributed by atoms with Crippen LogP contribution in [0.25, 0.3) is 11.0 Å². The Hall–Kier alpha value is -1.66. The highest BCUT2D eigenvalue weighted by molar-refractivity contribution is 9.10. The molecule has 6 heteroatoms. The van der Waals surface area contributed by atoms with Crippen molar-refractivity contribution in [2.24, 2.45) is 12.8 Å². The predicted molar refractivity (Wildman–Crippen MR) is 77.6 cm³/mol. The summed E-state index contributed by atoms with van der Waals surface area (Å²) in [5, 5.41) is 0. The molecule has 0 aliphatic carbocycles. The van der Waals surface area contributed by atoms with Crippen molar-refractivity contribution in [3.8, 4) is 0 Å². The zero-order valence-corrected chi connectivity index (χ0v) is 12.1. The Balaban J connectivity index is 1.98. The lowest BCUT2D eigenvalue weighted by molar-refractivity contribution is 0.631. The number of hydrogen-bond acceptors (Lipinski definition) is 3. The molecule has 5 nitrogen and oxygen atoms in total. The molecule has 98 valence electrons. The summed E-state index contributed by atoms with van der Waals surface area (Å²) in [6.45, 7) is 0. The Morgan fingerprint density at radius 2 is 2.32 bits per heavy atom. The van der Waals surface area contributed by atoms with Gasteiger partial charge in [0.25, 0.3) is 0 Å². The summed E-state index contributed by atoms with van der Waals surface area (Å²) in [7, 11) is 1.99. The number of aromatic nitrogens is 4. The highest BCUT2D eigenvalue weighted by Crippen LogP contribution is 2.23. The molecule has 3 rings (SSSR count). The fourth-order valence-corrected chi connectivity index (χ4v) is 2.60. The molecule has 19 heavy (non-hydrogen) atoms. The molecule has 2 aromatic heterocycles. The number of benzene rings is 1. The van der Waals surface area contributed by atoms with Gasteiger partial charge in [-0.15, -0.1) is 0 Å². The minimum absolute atomic E-state index is 0.156. The first-order valence-corrected chi connectivity index (χ1v) is 6.79. The second-order valence-corrected chi connectivity index (χ2v) is 5.47. The van der Waals surface area contributed by atoms with Gasteiger partial charge in [0, 0.05) is 29.8 Å². The van der Waals surface area contributed by atoms with Crippen LogP contribution in [-0.4, -0.2) is 19.5 Å². The molecule has 1 atom stereocenters. The number of rotatable bonds is 3. The molecule has 3 N–H and O–H groups in total. The topological polar surface area (TPSA) is 72.5 Å². The summed E-state index contributed by atoms with van der Waals surface area (Å²) >= 11 is 3.46. The van der Waals surface area contributed by atoms with Crippen molar-refractivity contribution in [2.75, 3.05) is 0 Å². The molecular formula is C13H14BrN5.